The topological polar surface area (TPSA) is 61.8 Å². The summed E-state index contributed by atoms with van der Waals surface area (Å²) in [7, 11) is 0. The lowest BCUT2D eigenvalue weighted by Crippen LogP contribution is -2.55. The number of hydrogen-bond acceptors (Lipinski definition) is 4. The number of rotatable bonds is 4. The first-order valence-corrected chi connectivity index (χ1v) is 8.02. The molecular formula is C17H18F6N2O3. The van der Waals surface area contributed by atoms with Gasteiger partial charge in [-0.3, -0.25) is 10.2 Å². The Bertz CT molecular complexity index is 753. The maximum Gasteiger partial charge on any atom is 0.435 e. The van der Waals surface area contributed by atoms with E-state index in [9.17, 15) is 31.1 Å². The first kappa shape index (κ1) is 21.9. The quantitative estimate of drug-likeness (QED) is 0.728. The number of carbonyl (C=O) groups is 1. The number of halogens is 6. The molecule has 0 aromatic heterocycles. The Morgan fingerprint density at radius 1 is 1.11 bits per heavy atom. The molecule has 0 bridgehead atoms. The Kier molecular flexibility index (Phi) is 5.61. The molecule has 1 aliphatic heterocycles. The Morgan fingerprint density at radius 3 is 2.04 bits per heavy atom. The predicted molar refractivity (Wildman–Crippen MR) is 85.6 cm³/mol. The van der Waals surface area contributed by atoms with Gasteiger partial charge in [0.05, 0.1) is 0 Å². The fraction of sp³-hybridized carbons (Fsp3) is 0.471. The van der Waals surface area contributed by atoms with Gasteiger partial charge < -0.3 is 9.84 Å². The molecule has 0 amide bonds. The van der Waals surface area contributed by atoms with E-state index in [1.807, 2.05) is 0 Å². The zero-order chi connectivity index (χ0) is 21.5. The van der Waals surface area contributed by atoms with Crippen LogP contribution < -0.4 is 5.32 Å². The Hall–Kier alpha value is -2.43. The number of aliphatic carboxylic acids is 1. The van der Waals surface area contributed by atoms with Crippen molar-refractivity contribution in [3.8, 4) is 0 Å². The Morgan fingerprint density at radius 2 is 1.64 bits per heavy atom. The van der Waals surface area contributed by atoms with Crippen molar-refractivity contribution in [2.75, 3.05) is 0 Å². The van der Waals surface area contributed by atoms with E-state index in [-0.39, 0.29) is 4.90 Å². The smallest absolute Gasteiger partial charge is 0.435 e. The summed E-state index contributed by atoms with van der Waals surface area (Å²) < 4.78 is 87.5. The van der Waals surface area contributed by atoms with Gasteiger partial charge in [-0.1, -0.05) is 30.3 Å². The number of alkyl halides is 6. The first-order valence-electron chi connectivity index (χ1n) is 8.02. The van der Waals surface area contributed by atoms with Crippen LogP contribution in [-0.2, 0) is 9.53 Å². The molecule has 0 fully saturated rings. The number of nitrogens with zero attached hydrogens (tertiary/aromatic N) is 1. The number of benzene rings is 1. The maximum absolute atomic E-state index is 13.9. The average molecular weight is 412 g/mol. The van der Waals surface area contributed by atoms with Crippen LogP contribution in [0.4, 0.5) is 26.3 Å². The van der Waals surface area contributed by atoms with Crippen molar-refractivity contribution in [3.63, 3.8) is 0 Å². The molecule has 1 aromatic rings. The average Bonchev–Trinajstić information content (AvgIpc) is 2.84. The SMILES string of the molecule is CC(C)(C)NC1OC(C(=O)O)=C(C(F)(F)F)N1C(c1ccccc1)C(F)(F)F. The van der Waals surface area contributed by atoms with Gasteiger partial charge in [-0.05, 0) is 26.3 Å². The van der Waals surface area contributed by atoms with Gasteiger partial charge in [-0.15, -0.1) is 0 Å². The summed E-state index contributed by atoms with van der Waals surface area (Å²) in [5.74, 6) is -3.72. The van der Waals surface area contributed by atoms with Gasteiger partial charge >= 0.3 is 18.3 Å². The van der Waals surface area contributed by atoms with Crippen molar-refractivity contribution < 1.29 is 41.0 Å². The number of carboxylic acids is 1. The largest absolute Gasteiger partial charge is 0.475 e. The van der Waals surface area contributed by atoms with Gasteiger partial charge in [0.1, 0.15) is 0 Å². The lowest BCUT2D eigenvalue weighted by Gasteiger charge is -2.39. The summed E-state index contributed by atoms with van der Waals surface area (Å²) in [5.41, 5.74) is -3.49. The monoisotopic (exact) mass is 412 g/mol. The molecule has 5 nitrogen and oxygen atoms in total. The highest BCUT2D eigenvalue weighted by molar-refractivity contribution is 5.86. The lowest BCUT2D eigenvalue weighted by atomic mass is 10.0. The third kappa shape index (κ3) is 4.70. The second-order valence-corrected chi connectivity index (χ2v) is 7.11. The normalized spacial score (nSPS) is 19.6. The first-order chi connectivity index (χ1) is 12.6. The Labute approximate surface area is 156 Å². The van der Waals surface area contributed by atoms with Crippen LogP contribution in [0.25, 0.3) is 0 Å². The van der Waals surface area contributed by atoms with E-state index in [0.717, 1.165) is 12.1 Å². The van der Waals surface area contributed by atoms with Gasteiger partial charge in [0, 0.05) is 5.54 Å². The van der Waals surface area contributed by atoms with E-state index >= 15 is 0 Å². The van der Waals surface area contributed by atoms with E-state index in [2.05, 4.69) is 5.32 Å². The van der Waals surface area contributed by atoms with Gasteiger partial charge in [0.25, 0.3) is 0 Å². The van der Waals surface area contributed by atoms with E-state index < -0.39 is 53.3 Å². The van der Waals surface area contributed by atoms with Crippen molar-refractivity contribution in [1.82, 2.24) is 10.2 Å². The zero-order valence-electron chi connectivity index (χ0n) is 15.0. The lowest BCUT2D eigenvalue weighted by molar-refractivity contribution is -0.212. The molecule has 0 radical (unpaired) electrons. The van der Waals surface area contributed by atoms with Crippen LogP contribution in [0.2, 0.25) is 0 Å². The maximum atomic E-state index is 13.9. The van der Waals surface area contributed by atoms with Gasteiger partial charge in [0.2, 0.25) is 12.1 Å². The van der Waals surface area contributed by atoms with Gasteiger partial charge in [-0.2, -0.15) is 26.3 Å². The summed E-state index contributed by atoms with van der Waals surface area (Å²) in [6.45, 7) is 4.48. The number of hydrogen-bond donors (Lipinski definition) is 2. The van der Waals surface area contributed by atoms with Crippen LogP contribution in [0.5, 0.6) is 0 Å². The molecule has 28 heavy (non-hydrogen) atoms. The standard InChI is InChI=1S/C17H18F6N2O3/c1-15(2,3)24-14-25(12(17(21,22)23)10(28-14)13(26)27)11(16(18,19)20)9-7-5-4-6-8-9/h4-8,11,14,24H,1-3H3,(H,26,27). The third-order valence-corrected chi connectivity index (χ3v) is 3.68. The number of ether oxygens (including phenoxy) is 1. The van der Waals surface area contributed by atoms with Gasteiger partial charge in [-0.25, -0.2) is 4.79 Å². The summed E-state index contributed by atoms with van der Waals surface area (Å²) in [5, 5.41) is 11.6. The summed E-state index contributed by atoms with van der Waals surface area (Å²) in [6, 6.07) is 3.13. The molecule has 1 aromatic carbocycles. The van der Waals surface area contributed by atoms with Gasteiger partial charge in [0.15, 0.2) is 11.7 Å². The summed E-state index contributed by atoms with van der Waals surface area (Å²) in [4.78, 5) is 11.2. The van der Waals surface area contributed by atoms with Crippen molar-refractivity contribution in [3.05, 3.63) is 47.4 Å². The Balaban J connectivity index is 2.73. The molecule has 2 N–H and O–H groups in total. The number of allylic oxidation sites excluding steroid dienone is 1. The van der Waals surface area contributed by atoms with Crippen molar-refractivity contribution in [2.45, 2.75) is 51.1 Å². The second kappa shape index (κ2) is 7.19. The summed E-state index contributed by atoms with van der Waals surface area (Å²) >= 11 is 0. The fourth-order valence-electron chi connectivity index (χ4n) is 2.76. The van der Waals surface area contributed by atoms with Crippen LogP contribution in [0, 0.1) is 0 Å². The molecule has 2 rings (SSSR count). The minimum atomic E-state index is -5.40. The van der Waals surface area contributed by atoms with Crippen LogP contribution in [0.1, 0.15) is 32.4 Å². The predicted octanol–water partition coefficient (Wildman–Crippen LogP) is 4.15. The fourth-order valence-corrected chi connectivity index (χ4v) is 2.76. The molecule has 0 saturated carbocycles. The molecule has 0 spiro atoms. The third-order valence-electron chi connectivity index (χ3n) is 3.68. The van der Waals surface area contributed by atoms with Crippen LogP contribution >= 0.6 is 0 Å². The zero-order valence-corrected chi connectivity index (χ0v) is 15.0. The summed E-state index contributed by atoms with van der Waals surface area (Å²) in [6.07, 6.45) is -12.6. The molecule has 11 heteroatoms. The highest BCUT2D eigenvalue weighted by Gasteiger charge is 2.59. The van der Waals surface area contributed by atoms with Crippen LogP contribution in [0.3, 0.4) is 0 Å². The second-order valence-electron chi connectivity index (χ2n) is 7.11. The van der Waals surface area contributed by atoms with E-state index in [0.29, 0.717) is 0 Å². The number of nitrogens with one attached hydrogen (secondary N) is 1. The minimum Gasteiger partial charge on any atom is -0.475 e. The van der Waals surface area contributed by atoms with E-state index in [1.54, 1.807) is 0 Å². The molecule has 2 unspecified atom stereocenters. The molecule has 1 heterocycles. The molecule has 1 aliphatic rings. The van der Waals surface area contributed by atoms with Crippen molar-refractivity contribution >= 4 is 5.97 Å². The molecular weight excluding hydrogens is 394 g/mol. The molecule has 0 saturated heterocycles. The molecule has 0 aliphatic carbocycles. The highest BCUT2D eigenvalue weighted by Crippen LogP contribution is 2.48. The molecule has 2 atom stereocenters. The van der Waals surface area contributed by atoms with Crippen molar-refractivity contribution in [1.29, 1.82) is 0 Å². The highest BCUT2D eigenvalue weighted by atomic mass is 19.4. The van der Waals surface area contributed by atoms with Crippen molar-refractivity contribution in [2.24, 2.45) is 0 Å². The minimum absolute atomic E-state index is 0.107. The van der Waals surface area contributed by atoms with E-state index in [1.165, 1.54) is 39.0 Å². The van der Waals surface area contributed by atoms with Crippen LogP contribution in [0.15, 0.2) is 41.8 Å². The number of carboxylic acid groups (broad SMARTS) is 1. The molecule has 156 valence electrons. The van der Waals surface area contributed by atoms with E-state index in [4.69, 9.17) is 9.84 Å². The van der Waals surface area contributed by atoms with Crippen LogP contribution in [-0.4, -0.2) is 40.2 Å².